The van der Waals surface area contributed by atoms with Crippen molar-refractivity contribution in [2.24, 2.45) is 12.0 Å². The van der Waals surface area contributed by atoms with E-state index >= 15 is 0 Å². The largest absolute Gasteiger partial charge is 0.492 e. The number of nitrogens with zero attached hydrogens (tertiary/aromatic N) is 4. The van der Waals surface area contributed by atoms with Crippen molar-refractivity contribution in [1.82, 2.24) is 25.3 Å². The second-order valence-electron chi connectivity index (χ2n) is 7.50. The fourth-order valence-corrected chi connectivity index (χ4v) is 3.51. The van der Waals surface area contributed by atoms with E-state index in [0.29, 0.717) is 19.7 Å². The van der Waals surface area contributed by atoms with E-state index < -0.39 is 0 Å². The first kappa shape index (κ1) is 25.4. The van der Waals surface area contributed by atoms with E-state index in [-0.39, 0.29) is 24.0 Å². The van der Waals surface area contributed by atoms with Crippen molar-refractivity contribution in [3.05, 3.63) is 46.8 Å². The number of aliphatic imine (C=N–C) groups is 1. The lowest BCUT2D eigenvalue weighted by atomic mass is 10.2. The second kappa shape index (κ2) is 12.9. The number of morpholine rings is 1. The number of rotatable bonds is 8. The number of halogens is 1. The van der Waals surface area contributed by atoms with Gasteiger partial charge in [0.25, 0.3) is 0 Å². The first-order chi connectivity index (χ1) is 14.6. The Morgan fingerprint density at radius 1 is 1.19 bits per heavy atom. The number of hydrogen-bond donors (Lipinski definition) is 2. The molecule has 0 radical (unpaired) electrons. The maximum absolute atomic E-state index is 5.95. The maximum atomic E-state index is 5.95. The van der Waals surface area contributed by atoms with Crippen molar-refractivity contribution >= 4 is 29.9 Å². The van der Waals surface area contributed by atoms with Crippen LogP contribution in [0.3, 0.4) is 0 Å². The first-order valence-corrected chi connectivity index (χ1v) is 10.5. The Morgan fingerprint density at radius 2 is 1.94 bits per heavy atom. The van der Waals surface area contributed by atoms with E-state index in [1.807, 2.05) is 30.8 Å². The van der Waals surface area contributed by atoms with Crippen LogP contribution in [0.4, 0.5) is 0 Å². The minimum absolute atomic E-state index is 0. The zero-order valence-electron chi connectivity index (χ0n) is 19.0. The Bertz CT molecular complexity index is 849. The molecule has 1 aromatic heterocycles. The number of aromatic nitrogens is 2. The molecular formula is C22H35IN6O2. The van der Waals surface area contributed by atoms with Gasteiger partial charge in [-0.1, -0.05) is 12.1 Å². The summed E-state index contributed by atoms with van der Waals surface area (Å²) < 4.78 is 13.2. The van der Waals surface area contributed by atoms with Gasteiger partial charge in [-0.05, 0) is 31.5 Å². The Labute approximate surface area is 202 Å². The molecule has 0 unspecified atom stereocenters. The van der Waals surface area contributed by atoms with Gasteiger partial charge in [0.2, 0.25) is 0 Å². The van der Waals surface area contributed by atoms with E-state index in [9.17, 15) is 0 Å². The normalized spacial score (nSPS) is 14.8. The molecule has 0 atom stereocenters. The lowest BCUT2D eigenvalue weighted by Crippen LogP contribution is -2.38. The Balaban J connectivity index is 0.00000341. The van der Waals surface area contributed by atoms with E-state index in [2.05, 4.69) is 44.7 Å². The Kier molecular flexibility index (Phi) is 10.6. The number of ether oxygens (including phenoxy) is 2. The number of guanidine groups is 1. The molecule has 0 amide bonds. The Morgan fingerprint density at radius 3 is 2.61 bits per heavy atom. The molecule has 3 rings (SSSR count). The van der Waals surface area contributed by atoms with Crippen molar-refractivity contribution in [2.75, 3.05) is 46.5 Å². The molecular weight excluding hydrogens is 507 g/mol. The molecule has 2 N–H and O–H groups in total. The standard InChI is InChI=1S/C22H34N6O2.HI/c1-17-21(18(2)27(4)26-17)16-25-22(23-3)24-15-19-6-5-7-20(14-19)30-13-10-28-8-11-29-12-9-28;/h5-7,14H,8-13,15-16H2,1-4H3,(H2,23,24,25);1H. The van der Waals surface area contributed by atoms with Gasteiger partial charge in [-0.2, -0.15) is 5.10 Å². The van der Waals surface area contributed by atoms with Crippen LogP contribution in [-0.2, 0) is 24.9 Å². The Hall–Kier alpha value is -1.85. The predicted molar refractivity (Wildman–Crippen MR) is 134 cm³/mol. The molecule has 1 fully saturated rings. The highest BCUT2D eigenvalue weighted by Gasteiger charge is 2.11. The van der Waals surface area contributed by atoms with Crippen molar-refractivity contribution < 1.29 is 9.47 Å². The summed E-state index contributed by atoms with van der Waals surface area (Å²) in [7, 11) is 3.75. The number of benzene rings is 1. The van der Waals surface area contributed by atoms with Gasteiger partial charge in [-0.3, -0.25) is 14.6 Å². The zero-order chi connectivity index (χ0) is 21.3. The quantitative estimate of drug-likeness (QED) is 0.303. The predicted octanol–water partition coefficient (Wildman–Crippen LogP) is 2.23. The van der Waals surface area contributed by atoms with Crippen LogP contribution in [0.15, 0.2) is 29.3 Å². The molecule has 0 aliphatic carbocycles. The summed E-state index contributed by atoms with van der Waals surface area (Å²) >= 11 is 0. The summed E-state index contributed by atoms with van der Waals surface area (Å²) in [4.78, 5) is 6.70. The molecule has 31 heavy (non-hydrogen) atoms. The van der Waals surface area contributed by atoms with E-state index in [0.717, 1.165) is 61.5 Å². The minimum atomic E-state index is 0. The third-order valence-electron chi connectivity index (χ3n) is 5.45. The summed E-state index contributed by atoms with van der Waals surface area (Å²) in [5, 5.41) is 11.2. The van der Waals surface area contributed by atoms with E-state index in [1.54, 1.807) is 7.05 Å². The smallest absolute Gasteiger partial charge is 0.191 e. The molecule has 9 heteroatoms. The monoisotopic (exact) mass is 542 g/mol. The van der Waals surface area contributed by atoms with Crippen LogP contribution in [-0.4, -0.2) is 67.1 Å². The second-order valence-corrected chi connectivity index (χ2v) is 7.50. The third kappa shape index (κ3) is 7.65. The van der Waals surface area contributed by atoms with Crippen molar-refractivity contribution in [2.45, 2.75) is 26.9 Å². The van der Waals surface area contributed by atoms with Gasteiger partial charge in [0, 0.05) is 58.1 Å². The summed E-state index contributed by atoms with van der Waals surface area (Å²) in [5.74, 6) is 1.66. The van der Waals surface area contributed by atoms with Gasteiger partial charge in [0.15, 0.2) is 5.96 Å². The molecule has 2 heterocycles. The number of nitrogens with one attached hydrogen (secondary N) is 2. The van der Waals surface area contributed by atoms with Crippen LogP contribution < -0.4 is 15.4 Å². The average molecular weight is 542 g/mol. The molecule has 0 bridgehead atoms. The van der Waals surface area contributed by atoms with E-state index in [1.165, 1.54) is 5.56 Å². The highest BCUT2D eigenvalue weighted by molar-refractivity contribution is 14.0. The maximum Gasteiger partial charge on any atom is 0.191 e. The molecule has 1 aromatic carbocycles. The lowest BCUT2D eigenvalue weighted by molar-refractivity contribution is 0.0322. The molecule has 0 saturated carbocycles. The summed E-state index contributed by atoms with van der Waals surface area (Å²) in [6, 6.07) is 8.20. The van der Waals surface area contributed by atoms with Gasteiger partial charge in [0.1, 0.15) is 12.4 Å². The van der Waals surface area contributed by atoms with Gasteiger partial charge in [-0.15, -0.1) is 24.0 Å². The summed E-state index contributed by atoms with van der Waals surface area (Å²) in [6.45, 7) is 10.7. The molecule has 0 spiro atoms. The lowest BCUT2D eigenvalue weighted by Gasteiger charge is -2.26. The molecule has 172 valence electrons. The number of aryl methyl sites for hydroxylation is 2. The van der Waals surface area contributed by atoms with Crippen LogP contribution >= 0.6 is 24.0 Å². The van der Waals surface area contributed by atoms with Crippen LogP contribution in [0.25, 0.3) is 0 Å². The topological polar surface area (TPSA) is 75.9 Å². The molecule has 1 aliphatic rings. The van der Waals surface area contributed by atoms with Crippen LogP contribution in [0.2, 0.25) is 0 Å². The highest BCUT2D eigenvalue weighted by atomic mass is 127. The number of hydrogen-bond acceptors (Lipinski definition) is 5. The van der Waals surface area contributed by atoms with Crippen LogP contribution in [0.1, 0.15) is 22.5 Å². The molecule has 1 aliphatic heterocycles. The first-order valence-electron chi connectivity index (χ1n) is 10.5. The van der Waals surface area contributed by atoms with Crippen molar-refractivity contribution in [3.63, 3.8) is 0 Å². The minimum Gasteiger partial charge on any atom is -0.492 e. The summed E-state index contributed by atoms with van der Waals surface area (Å²) in [5.41, 5.74) is 4.56. The van der Waals surface area contributed by atoms with Gasteiger partial charge in [0.05, 0.1) is 18.9 Å². The fraction of sp³-hybridized carbons (Fsp3) is 0.545. The SMILES string of the molecule is CN=C(NCc1cccc(OCCN2CCOCC2)c1)NCc1c(C)nn(C)c1C.I. The highest BCUT2D eigenvalue weighted by Crippen LogP contribution is 2.14. The van der Waals surface area contributed by atoms with Gasteiger partial charge in [-0.25, -0.2) is 0 Å². The molecule has 2 aromatic rings. The van der Waals surface area contributed by atoms with Gasteiger partial charge < -0.3 is 20.1 Å². The zero-order valence-corrected chi connectivity index (χ0v) is 21.3. The van der Waals surface area contributed by atoms with Crippen LogP contribution in [0.5, 0.6) is 5.75 Å². The van der Waals surface area contributed by atoms with E-state index in [4.69, 9.17) is 9.47 Å². The van der Waals surface area contributed by atoms with Crippen molar-refractivity contribution in [1.29, 1.82) is 0 Å². The molecule has 1 saturated heterocycles. The van der Waals surface area contributed by atoms with Crippen molar-refractivity contribution in [3.8, 4) is 5.75 Å². The van der Waals surface area contributed by atoms with Gasteiger partial charge >= 0.3 is 0 Å². The van der Waals surface area contributed by atoms with Crippen LogP contribution in [0, 0.1) is 13.8 Å². The third-order valence-corrected chi connectivity index (χ3v) is 5.45. The fourth-order valence-electron chi connectivity index (χ4n) is 3.51. The average Bonchev–Trinajstić information content (AvgIpc) is 3.00. The summed E-state index contributed by atoms with van der Waals surface area (Å²) in [6.07, 6.45) is 0. The molecule has 8 nitrogen and oxygen atoms in total.